The maximum absolute atomic E-state index is 12.2. The highest BCUT2D eigenvalue weighted by Crippen LogP contribution is 2.40. The monoisotopic (exact) mass is 809 g/mol. The highest BCUT2D eigenvalue weighted by Gasteiger charge is 2.30. The van der Waals surface area contributed by atoms with Crippen LogP contribution in [-0.4, -0.2) is 55.2 Å². The van der Waals surface area contributed by atoms with E-state index < -0.39 is 17.4 Å². The predicted molar refractivity (Wildman–Crippen MR) is 241 cm³/mol. The van der Waals surface area contributed by atoms with Gasteiger partial charge in [-0.15, -0.1) is 0 Å². The molecule has 0 saturated heterocycles. The highest BCUT2D eigenvalue weighted by atomic mass is 16.5. The number of carbonyl (C=O) groups is 2. The van der Waals surface area contributed by atoms with E-state index in [1.807, 2.05) is 6.92 Å². The smallest absolute Gasteiger partial charge is 0.333 e. The molecule has 0 aliphatic heterocycles. The zero-order valence-corrected chi connectivity index (χ0v) is 36.8. The average Bonchev–Trinajstić information content (AvgIpc) is 3.25. The standard InChI is InChI=1S/C52H72O7/c1-8-11-12-15-39-18-20-41(21-19-39)42-22-24-43(25-23-42)44-26-27-48(40(10-3)31-44)47-32-45(16-13-29-57-50(55)37(4)5)49(59-36-52(34-53,35-54)28-9-2)46(33-47)17-14-30-58-51(56)38(6)7/h22-27,31-33,39,41,53-54H,4,6,8-21,28-30,34-36H2,1-3,5,7H3. The Morgan fingerprint density at radius 1 is 0.695 bits per heavy atom. The first-order valence-corrected chi connectivity index (χ1v) is 22.4. The summed E-state index contributed by atoms with van der Waals surface area (Å²) in [6, 6.07) is 20.4. The van der Waals surface area contributed by atoms with Gasteiger partial charge in [-0.2, -0.15) is 0 Å². The average molecular weight is 809 g/mol. The summed E-state index contributed by atoms with van der Waals surface area (Å²) in [5.41, 5.74) is 9.08. The third-order valence-electron chi connectivity index (χ3n) is 12.1. The van der Waals surface area contributed by atoms with E-state index >= 15 is 0 Å². The zero-order chi connectivity index (χ0) is 42.8. The SMILES string of the molecule is C=C(C)C(=O)OCCCc1cc(-c2ccc(-c3ccc(C4CCC(CCCCC)CC4)cc3)cc2CC)cc(CCCOC(=O)C(=C)C)c1OCC(CO)(CO)CCC. The maximum Gasteiger partial charge on any atom is 0.333 e. The molecule has 322 valence electrons. The first-order chi connectivity index (χ1) is 28.5. The lowest BCUT2D eigenvalue weighted by molar-refractivity contribution is -0.139. The summed E-state index contributed by atoms with van der Waals surface area (Å²) in [7, 11) is 0. The van der Waals surface area contributed by atoms with Crippen LogP contribution in [0.2, 0.25) is 0 Å². The fourth-order valence-corrected chi connectivity index (χ4v) is 8.46. The van der Waals surface area contributed by atoms with E-state index in [1.54, 1.807) is 13.8 Å². The van der Waals surface area contributed by atoms with Crippen LogP contribution in [0.4, 0.5) is 0 Å². The summed E-state index contributed by atoms with van der Waals surface area (Å²) in [6.45, 7) is 17.3. The molecule has 1 aliphatic rings. The van der Waals surface area contributed by atoms with Crippen LogP contribution in [0.25, 0.3) is 22.3 Å². The number of aliphatic hydroxyl groups is 2. The molecule has 0 atom stereocenters. The Kier molecular flexibility index (Phi) is 19.4. The highest BCUT2D eigenvalue weighted by molar-refractivity contribution is 5.87. The quantitative estimate of drug-likeness (QED) is 0.0499. The van der Waals surface area contributed by atoms with Crippen molar-refractivity contribution in [3.05, 3.63) is 101 Å². The predicted octanol–water partition coefficient (Wildman–Crippen LogP) is 11.7. The van der Waals surface area contributed by atoms with E-state index in [-0.39, 0.29) is 33.0 Å². The third kappa shape index (κ3) is 13.9. The molecule has 0 heterocycles. The van der Waals surface area contributed by atoms with Crippen molar-refractivity contribution in [2.24, 2.45) is 11.3 Å². The summed E-state index contributed by atoms with van der Waals surface area (Å²) in [5, 5.41) is 20.8. The fraction of sp³-hybridized carbons (Fsp3) is 0.538. The van der Waals surface area contributed by atoms with E-state index in [0.29, 0.717) is 54.9 Å². The number of hydrogen-bond acceptors (Lipinski definition) is 7. The van der Waals surface area contributed by atoms with Crippen molar-refractivity contribution in [1.29, 1.82) is 0 Å². The molecule has 3 aromatic carbocycles. The summed E-state index contributed by atoms with van der Waals surface area (Å²) in [4.78, 5) is 24.4. The van der Waals surface area contributed by atoms with Gasteiger partial charge in [-0.05, 0) is 147 Å². The Bertz CT molecular complexity index is 1760. The van der Waals surface area contributed by atoms with Crippen LogP contribution in [0, 0.1) is 11.3 Å². The summed E-state index contributed by atoms with van der Waals surface area (Å²) >= 11 is 0. The summed E-state index contributed by atoms with van der Waals surface area (Å²) in [6.07, 6.45) is 15.2. The van der Waals surface area contributed by atoms with Gasteiger partial charge in [0.05, 0.1) is 38.4 Å². The van der Waals surface area contributed by atoms with Gasteiger partial charge >= 0.3 is 11.9 Å². The number of hydrogen-bond donors (Lipinski definition) is 2. The minimum atomic E-state index is -0.799. The van der Waals surface area contributed by atoms with Gasteiger partial charge in [-0.3, -0.25) is 0 Å². The Morgan fingerprint density at radius 2 is 1.25 bits per heavy atom. The summed E-state index contributed by atoms with van der Waals surface area (Å²) in [5.74, 6) is 1.41. The molecule has 0 amide bonds. The molecule has 0 radical (unpaired) electrons. The van der Waals surface area contributed by atoms with E-state index in [2.05, 4.69) is 81.6 Å². The van der Waals surface area contributed by atoms with E-state index in [1.165, 1.54) is 73.6 Å². The molecule has 0 aromatic heterocycles. The Hall–Kier alpha value is -4.20. The largest absolute Gasteiger partial charge is 0.492 e. The lowest BCUT2D eigenvalue weighted by Gasteiger charge is -2.30. The minimum Gasteiger partial charge on any atom is -0.492 e. The first-order valence-electron chi connectivity index (χ1n) is 22.4. The first kappa shape index (κ1) is 47.5. The normalized spacial score (nSPS) is 15.4. The molecule has 0 spiro atoms. The molecule has 3 aromatic rings. The van der Waals surface area contributed by atoms with E-state index in [0.717, 1.165) is 41.0 Å². The van der Waals surface area contributed by atoms with Gasteiger partial charge in [0, 0.05) is 11.1 Å². The van der Waals surface area contributed by atoms with Crippen molar-refractivity contribution in [3.63, 3.8) is 0 Å². The number of carbonyl (C=O) groups excluding carboxylic acids is 2. The van der Waals surface area contributed by atoms with Crippen LogP contribution in [-0.2, 0) is 38.3 Å². The van der Waals surface area contributed by atoms with E-state index in [9.17, 15) is 19.8 Å². The number of rotatable bonds is 25. The molecule has 1 fully saturated rings. The number of unbranched alkanes of at least 4 members (excludes halogenated alkanes) is 2. The van der Waals surface area contributed by atoms with Gasteiger partial charge < -0.3 is 24.4 Å². The second kappa shape index (κ2) is 24.2. The van der Waals surface area contributed by atoms with Gasteiger partial charge in [0.15, 0.2) is 0 Å². The Balaban J connectivity index is 1.66. The minimum absolute atomic E-state index is 0.135. The van der Waals surface area contributed by atoms with E-state index in [4.69, 9.17) is 14.2 Å². The molecule has 1 saturated carbocycles. The summed E-state index contributed by atoms with van der Waals surface area (Å²) < 4.78 is 17.6. The van der Waals surface area contributed by atoms with Gasteiger partial charge in [0.2, 0.25) is 0 Å². The molecule has 2 N–H and O–H groups in total. The van der Waals surface area contributed by atoms with Crippen LogP contribution in [0.3, 0.4) is 0 Å². The van der Waals surface area contributed by atoms with Crippen molar-refractivity contribution < 1.29 is 34.0 Å². The number of aliphatic hydroxyl groups excluding tert-OH is 2. The van der Waals surface area contributed by atoms with Gasteiger partial charge in [0.25, 0.3) is 0 Å². The molecule has 7 heteroatoms. The Labute approximate surface area is 355 Å². The molecule has 4 rings (SSSR count). The Morgan fingerprint density at radius 3 is 1.76 bits per heavy atom. The molecule has 7 nitrogen and oxygen atoms in total. The van der Waals surface area contributed by atoms with Crippen LogP contribution in [0.1, 0.15) is 140 Å². The van der Waals surface area contributed by atoms with Crippen molar-refractivity contribution in [1.82, 2.24) is 0 Å². The van der Waals surface area contributed by atoms with Crippen LogP contribution >= 0.6 is 0 Å². The second-order valence-electron chi connectivity index (χ2n) is 17.1. The zero-order valence-electron chi connectivity index (χ0n) is 36.8. The van der Waals surface area contributed by atoms with Crippen LogP contribution in [0.5, 0.6) is 5.75 Å². The van der Waals surface area contributed by atoms with Crippen LogP contribution in [0.15, 0.2) is 78.9 Å². The number of aryl methyl sites for hydroxylation is 3. The lowest BCUT2D eigenvalue weighted by atomic mass is 9.77. The molecule has 59 heavy (non-hydrogen) atoms. The number of benzene rings is 3. The molecular formula is C52H72O7. The second-order valence-corrected chi connectivity index (χ2v) is 17.1. The van der Waals surface area contributed by atoms with Crippen LogP contribution < -0.4 is 4.74 Å². The maximum atomic E-state index is 12.2. The molecule has 1 aliphatic carbocycles. The van der Waals surface area contributed by atoms with Crippen molar-refractivity contribution in [3.8, 4) is 28.0 Å². The number of esters is 2. The van der Waals surface area contributed by atoms with Gasteiger partial charge in [-0.1, -0.05) is 108 Å². The lowest BCUT2D eigenvalue weighted by Crippen LogP contribution is -2.36. The van der Waals surface area contributed by atoms with Crippen molar-refractivity contribution >= 4 is 11.9 Å². The van der Waals surface area contributed by atoms with Crippen molar-refractivity contribution in [2.45, 2.75) is 137 Å². The number of ether oxygens (including phenoxy) is 3. The van der Waals surface area contributed by atoms with Crippen molar-refractivity contribution in [2.75, 3.05) is 33.0 Å². The van der Waals surface area contributed by atoms with Gasteiger partial charge in [-0.25, -0.2) is 9.59 Å². The molecule has 0 bridgehead atoms. The fourth-order valence-electron chi connectivity index (χ4n) is 8.46. The topological polar surface area (TPSA) is 102 Å². The van der Waals surface area contributed by atoms with Gasteiger partial charge in [0.1, 0.15) is 5.75 Å². The molecule has 0 unspecified atom stereocenters. The molecular weight excluding hydrogens is 737 g/mol. The third-order valence-corrected chi connectivity index (χ3v) is 12.1.